The van der Waals surface area contributed by atoms with E-state index in [0.717, 1.165) is 37.2 Å². The molecule has 2 heterocycles. The molecule has 1 fully saturated rings. The van der Waals surface area contributed by atoms with Crippen LogP contribution in [0.5, 0.6) is 0 Å². The zero-order valence-corrected chi connectivity index (χ0v) is 12.7. The van der Waals surface area contributed by atoms with Gasteiger partial charge in [0.25, 0.3) is 0 Å². The Labute approximate surface area is 121 Å². The molecule has 20 heavy (non-hydrogen) atoms. The van der Waals surface area contributed by atoms with E-state index in [-0.39, 0.29) is 11.9 Å². The van der Waals surface area contributed by atoms with Crippen molar-refractivity contribution in [3.63, 3.8) is 0 Å². The summed E-state index contributed by atoms with van der Waals surface area (Å²) in [5, 5.41) is 3.36. The van der Waals surface area contributed by atoms with Gasteiger partial charge < -0.3 is 10.2 Å². The van der Waals surface area contributed by atoms with E-state index in [0.29, 0.717) is 6.04 Å². The second kappa shape index (κ2) is 6.73. The van der Waals surface area contributed by atoms with E-state index in [1.807, 2.05) is 17.2 Å². The molecule has 0 radical (unpaired) electrons. The number of hydrogen-bond donors (Lipinski definition) is 1. The fourth-order valence-electron chi connectivity index (χ4n) is 2.70. The summed E-state index contributed by atoms with van der Waals surface area (Å²) in [5.74, 6) is 1.07. The minimum atomic E-state index is 0.163. The normalized spacial score (nSPS) is 20.6. The topological polar surface area (TPSA) is 45.2 Å². The number of carbonyl (C=O) groups excluding carboxylic acids is 1. The van der Waals surface area contributed by atoms with E-state index in [2.05, 4.69) is 30.2 Å². The highest BCUT2D eigenvalue weighted by Gasteiger charge is 2.25. The van der Waals surface area contributed by atoms with Crippen LogP contribution in [0.1, 0.15) is 58.1 Å². The van der Waals surface area contributed by atoms with Crippen LogP contribution in [0, 0.1) is 0 Å². The van der Waals surface area contributed by atoms with E-state index in [1.54, 1.807) is 6.92 Å². The van der Waals surface area contributed by atoms with E-state index in [4.69, 9.17) is 0 Å². The van der Waals surface area contributed by atoms with Gasteiger partial charge in [-0.15, -0.1) is 0 Å². The lowest BCUT2D eigenvalue weighted by Crippen LogP contribution is -2.36. The van der Waals surface area contributed by atoms with Crippen LogP contribution in [0.2, 0.25) is 0 Å². The molecule has 1 aromatic rings. The molecule has 0 saturated carbocycles. The molecule has 0 unspecified atom stereocenters. The van der Waals surface area contributed by atoms with Crippen molar-refractivity contribution in [3.8, 4) is 0 Å². The number of likely N-dealkylation sites (tertiary alicyclic amines) is 1. The van der Waals surface area contributed by atoms with Crippen molar-refractivity contribution in [3.05, 3.63) is 23.9 Å². The molecule has 1 amide bonds. The predicted molar refractivity (Wildman–Crippen MR) is 81.6 cm³/mol. The fourth-order valence-corrected chi connectivity index (χ4v) is 2.70. The number of nitrogens with zero attached hydrogens (tertiary/aromatic N) is 2. The van der Waals surface area contributed by atoms with Crippen molar-refractivity contribution >= 4 is 11.7 Å². The maximum atomic E-state index is 11.7. The molecule has 0 bridgehead atoms. The Morgan fingerprint density at radius 1 is 1.50 bits per heavy atom. The Hall–Kier alpha value is -1.58. The Bertz CT molecular complexity index is 444. The molecule has 2 rings (SSSR count). The first-order valence-electron chi connectivity index (χ1n) is 7.61. The number of hydrogen-bond acceptors (Lipinski definition) is 3. The fraction of sp³-hybridized carbons (Fsp3) is 0.625. The molecular formula is C16H25N3O. The highest BCUT2D eigenvalue weighted by atomic mass is 16.2. The average molecular weight is 275 g/mol. The summed E-state index contributed by atoms with van der Waals surface area (Å²) in [4.78, 5) is 18.2. The highest BCUT2D eigenvalue weighted by Crippen LogP contribution is 2.30. The first kappa shape index (κ1) is 14.8. The number of piperidine rings is 1. The summed E-state index contributed by atoms with van der Waals surface area (Å²) in [7, 11) is 0. The molecule has 4 heteroatoms. The SMILES string of the molecule is CC[C@@H](C)Nc1ccc([C@H]2CCCCN2C(C)=O)cn1. The van der Waals surface area contributed by atoms with Crippen LogP contribution in [0.3, 0.4) is 0 Å². The smallest absolute Gasteiger partial charge is 0.219 e. The largest absolute Gasteiger partial charge is 0.368 e. The second-order valence-corrected chi connectivity index (χ2v) is 5.65. The number of nitrogens with one attached hydrogen (secondary N) is 1. The van der Waals surface area contributed by atoms with Gasteiger partial charge >= 0.3 is 0 Å². The third-order valence-corrected chi connectivity index (χ3v) is 4.09. The number of anilines is 1. The summed E-state index contributed by atoms with van der Waals surface area (Å²) in [6.45, 7) is 6.82. The van der Waals surface area contributed by atoms with Crippen LogP contribution in [0.4, 0.5) is 5.82 Å². The van der Waals surface area contributed by atoms with Gasteiger partial charge in [0.15, 0.2) is 0 Å². The van der Waals surface area contributed by atoms with Crippen molar-refractivity contribution < 1.29 is 4.79 Å². The van der Waals surface area contributed by atoms with E-state index >= 15 is 0 Å². The second-order valence-electron chi connectivity index (χ2n) is 5.65. The standard InChI is InChI=1S/C16H25N3O/c1-4-12(2)18-16-9-8-14(11-17-16)15-7-5-6-10-19(15)13(3)20/h8-9,11-12,15H,4-7,10H2,1-3H3,(H,17,18)/t12-,15-/m1/s1. The van der Waals surface area contributed by atoms with Gasteiger partial charge in [-0.2, -0.15) is 0 Å². The molecule has 110 valence electrons. The number of rotatable bonds is 4. The first-order chi connectivity index (χ1) is 9.61. The molecule has 2 atom stereocenters. The van der Waals surface area contributed by atoms with Crippen molar-refractivity contribution in [2.75, 3.05) is 11.9 Å². The van der Waals surface area contributed by atoms with Gasteiger partial charge in [-0.25, -0.2) is 4.98 Å². The van der Waals surface area contributed by atoms with Gasteiger partial charge in [0, 0.05) is 25.7 Å². The lowest BCUT2D eigenvalue weighted by Gasteiger charge is -2.35. The molecule has 1 N–H and O–H groups in total. The third-order valence-electron chi connectivity index (χ3n) is 4.09. The summed E-state index contributed by atoms with van der Waals surface area (Å²) in [6, 6.07) is 4.75. The lowest BCUT2D eigenvalue weighted by molar-refractivity contribution is -0.132. The van der Waals surface area contributed by atoms with E-state index in [9.17, 15) is 4.79 Å². The molecular weight excluding hydrogens is 250 g/mol. The zero-order chi connectivity index (χ0) is 14.5. The third kappa shape index (κ3) is 3.50. The molecule has 0 aliphatic carbocycles. The van der Waals surface area contributed by atoms with Crippen LogP contribution < -0.4 is 5.32 Å². The van der Waals surface area contributed by atoms with E-state index in [1.165, 1.54) is 6.42 Å². The summed E-state index contributed by atoms with van der Waals surface area (Å²) < 4.78 is 0. The predicted octanol–water partition coefficient (Wildman–Crippen LogP) is 3.37. The van der Waals surface area contributed by atoms with Crippen molar-refractivity contribution in [2.24, 2.45) is 0 Å². The van der Waals surface area contributed by atoms with Crippen LogP contribution in [-0.4, -0.2) is 28.4 Å². The van der Waals surface area contributed by atoms with Crippen LogP contribution in [0.15, 0.2) is 18.3 Å². The molecule has 1 aromatic heterocycles. The quantitative estimate of drug-likeness (QED) is 0.916. The minimum absolute atomic E-state index is 0.163. The maximum absolute atomic E-state index is 11.7. The zero-order valence-electron chi connectivity index (χ0n) is 12.7. The Kier molecular flexibility index (Phi) is 4.99. The Morgan fingerprint density at radius 3 is 2.90 bits per heavy atom. The van der Waals surface area contributed by atoms with Gasteiger partial charge in [0.1, 0.15) is 5.82 Å². The summed E-state index contributed by atoms with van der Waals surface area (Å²) in [5.41, 5.74) is 1.15. The Morgan fingerprint density at radius 2 is 2.30 bits per heavy atom. The van der Waals surface area contributed by atoms with E-state index < -0.39 is 0 Å². The maximum Gasteiger partial charge on any atom is 0.219 e. The van der Waals surface area contributed by atoms with Crippen molar-refractivity contribution in [1.82, 2.24) is 9.88 Å². The highest BCUT2D eigenvalue weighted by molar-refractivity contribution is 5.74. The average Bonchev–Trinajstić information content (AvgIpc) is 2.48. The van der Waals surface area contributed by atoms with Gasteiger partial charge in [0.05, 0.1) is 6.04 Å². The number of carbonyl (C=O) groups is 1. The molecule has 4 nitrogen and oxygen atoms in total. The summed E-state index contributed by atoms with van der Waals surface area (Å²) in [6.07, 6.45) is 6.32. The van der Waals surface area contributed by atoms with Gasteiger partial charge in [-0.05, 0) is 44.2 Å². The Balaban J connectivity index is 2.09. The summed E-state index contributed by atoms with van der Waals surface area (Å²) >= 11 is 0. The molecule has 0 spiro atoms. The van der Waals surface area contributed by atoms with Crippen LogP contribution in [0.25, 0.3) is 0 Å². The number of aromatic nitrogens is 1. The van der Waals surface area contributed by atoms with Gasteiger partial charge in [0.2, 0.25) is 5.91 Å². The molecule has 1 aliphatic heterocycles. The van der Waals surface area contributed by atoms with Crippen LogP contribution in [-0.2, 0) is 4.79 Å². The molecule has 1 aliphatic rings. The number of amides is 1. The lowest BCUT2D eigenvalue weighted by atomic mass is 9.96. The van der Waals surface area contributed by atoms with Crippen LogP contribution >= 0.6 is 0 Å². The number of pyridine rings is 1. The van der Waals surface area contributed by atoms with Gasteiger partial charge in [-0.1, -0.05) is 13.0 Å². The monoisotopic (exact) mass is 275 g/mol. The minimum Gasteiger partial charge on any atom is -0.368 e. The molecule has 1 saturated heterocycles. The first-order valence-corrected chi connectivity index (χ1v) is 7.61. The van der Waals surface area contributed by atoms with Crippen molar-refractivity contribution in [1.29, 1.82) is 0 Å². The van der Waals surface area contributed by atoms with Gasteiger partial charge in [-0.3, -0.25) is 4.79 Å². The molecule has 0 aromatic carbocycles. The van der Waals surface area contributed by atoms with Crippen molar-refractivity contribution in [2.45, 2.75) is 58.5 Å².